The number of carbonyl (C=O) groups is 2. The Kier molecular flexibility index (Phi) is 74.0. The first-order valence-electron chi connectivity index (χ1n) is 41.9. The lowest BCUT2D eigenvalue weighted by Gasteiger charge is -2.28. The zero-order valence-electron chi connectivity index (χ0n) is 63.5. The lowest BCUT2D eigenvalue weighted by Crippen LogP contribution is -2.37. The van der Waals surface area contributed by atoms with E-state index in [1.165, 1.54) is 392 Å². The molecule has 0 aromatic rings. The molecule has 0 spiro atoms. The van der Waals surface area contributed by atoms with Gasteiger partial charge in [-0.2, -0.15) is 0 Å². The van der Waals surface area contributed by atoms with E-state index in [2.05, 4.69) is 26.0 Å². The molecule has 10 heteroatoms. The third-order valence-corrected chi connectivity index (χ3v) is 20.5. The Hall–Kier alpha value is -1.25. The summed E-state index contributed by atoms with van der Waals surface area (Å²) >= 11 is 0. The quantitative estimate of drug-likeness (QED) is 0.0195. The van der Waals surface area contributed by atoms with E-state index in [4.69, 9.17) is 18.5 Å². The molecule has 0 fully saturated rings. The van der Waals surface area contributed by atoms with Crippen LogP contribution >= 0.6 is 7.82 Å². The molecule has 2 unspecified atom stereocenters. The fourth-order valence-corrected chi connectivity index (χ4v) is 13.9. The molecule has 0 N–H and O–H groups in total. The summed E-state index contributed by atoms with van der Waals surface area (Å²) < 4.78 is 34.5. The standard InChI is InChI=1S/C83H164NO8P/c1-6-8-10-12-14-16-18-20-22-24-26-28-30-32-34-36-38-40-41-42-44-45-47-49-51-53-55-57-59-61-63-65-67-69-71-73-75-82(85)89-79-81(80-91-93(87,88)90-78-77-84(3,4)5)92-83(86)76-74-72-70-68-66-64-62-60-58-56-54-52-50-48-46-43-39-37-35-33-31-29-27-25-23-21-19-17-15-13-11-9-7-2/h25,27,81H,6-24,26,28-80H2,1-5H3/b27-25-. The van der Waals surface area contributed by atoms with E-state index in [0.717, 1.165) is 32.1 Å². The van der Waals surface area contributed by atoms with E-state index in [0.29, 0.717) is 17.4 Å². The molecule has 0 radical (unpaired) electrons. The van der Waals surface area contributed by atoms with Crippen LogP contribution in [0.2, 0.25) is 0 Å². The third kappa shape index (κ3) is 79.6. The summed E-state index contributed by atoms with van der Waals surface area (Å²) in [5.41, 5.74) is 0. The van der Waals surface area contributed by atoms with Gasteiger partial charge in [0.2, 0.25) is 0 Å². The van der Waals surface area contributed by atoms with Gasteiger partial charge in [0.05, 0.1) is 27.7 Å². The first-order chi connectivity index (χ1) is 45.5. The molecule has 2 atom stereocenters. The zero-order chi connectivity index (χ0) is 67.6. The predicted octanol–water partition coefficient (Wildman–Crippen LogP) is 27.2. The predicted molar refractivity (Wildman–Crippen MR) is 402 cm³/mol. The summed E-state index contributed by atoms with van der Waals surface area (Å²) in [5, 5.41) is 0. The van der Waals surface area contributed by atoms with Gasteiger partial charge in [0.1, 0.15) is 19.8 Å². The van der Waals surface area contributed by atoms with Crippen LogP contribution in [0.4, 0.5) is 0 Å². The van der Waals surface area contributed by atoms with Crippen LogP contribution in [0, 0.1) is 0 Å². The maximum atomic E-state index is 12.9. The summed E-state index contributed by atoms with van der Waals surface area (Å²) in [7, 11) is 1.20. The number of rotatable bonds is 80. The van der Waals surface area contributed by atoms with E-state index in [1.54, 1.807) is 0 Å². The largest absolute Gasteiger partial charge is 0.756 e. The SMILES string of the molecule is CCCCCCCCCC/C=C\CCCCCCCCCCCCCCCCCCCCCCCC(=O)OC(COC(=O)CCCCCCCCCCCCCCCCCCCCCCCCCCCCCCCCCCCCCC)COP(=O)([O-])OCC[N+](C)(C)C. The molecular weight excluding hydrogens is 1170 g/mol. The molecule has 0 aliphatic heterocycles. The normalized spacial score (nSPS) is 13.0. The molecule has 0 amide bonds. The number of phosphoric ester groups is 1. The number of esters is 2. The number of hydrogen-bond donors (Lipinski definition) is 0. The molecular formula is C83H164NO8P. The topological polar surface area (TPSA) is 111 Å². The molecule has 0 bridgehead atoms. The summed E-state index contributed by atoms with van der Waals surface area (Å²) in [4.78, 5) is 38.2. The van der Waals surface area contributed by atoms with Crippen molar-refractivity contribution in [2.75, 3.05) is 47.5 Å². The second-order valence-corrected chi connectivity index (χ2v) is 31.6. The van der Waals surface area contributed by atoms with Crippen molar-refractivity contribution in [2.45, 2.75) is 463 Å². The van der Waals surface area contributed by atoms with E-state index in [9.17, 15) is 19.0 Å². The number of nitrogens with zero attached hydrogens (tertiary/aromatic N) is 1. The molecule has 0 aliphatic rings. The lowest BCUT2D eigenvalue weighted by molar-refractivity contribution is -0.870. The molecule has 0 aromatic carbocycles. The molecule has 0 aliphatic carbocycles. The first-order valence-corrected chi connectivity index (χ1v) is 43.4. The number of quaternary nitrogens is 1. The van der Waals surface area contributed by atoms with Crippen molar-refractivity contribution in [3.63, 3.8) is 0 Å². The van der Waals surface area contributed by atoms with Crippen molar-refractivity contribution >= 4 is 19.8 Å². The number of carbonyl (C=O) groups excluding carboxylic acids is 2. The second-order valence-electron chi connectivity index (χ2n) is 30.2. The van der Waals surface area contributed by atoms with Crippen LogP contribution in [0.3, 0.4) is 0 Å². The summed E-state index contributed by atoms with van der Waals surface area (Å²) in [6.07, 6.45) is 95.1. The summed E-state index contributed by atoms with van der Waals surface area (Å²) in [5.74, 6) is -0.802. The average molecular weight is 1340 g/mol. The number of allylic oxidation sites excluding steroid dienone is 2. The van der Waals surface area contributed by atoms with E-state index < -0.39 is 26.5 Å². The van der Waals surface area contributed by atoms with Gasteiger partial charge in [0.25, 0.3) is 7.82 Å². The Balaban J connectivity index is 3.86. The molecule has 0 heterocycles. The Morgan fingerprint density at radius 2 is 0.548 bits per heavy atom. The Bertz CT molecular complexity index is 1570. The van der Waals surface area contributed by atoms with Crippen LogP contribution in [0.15, 0.2) is 12.2 Å². The maximum Gasteiger partial charge on any atom is 0.306 e. The van der Waals surface area contributed by atoms with Crippen molar-refractivity contribution in [2.24, 2.45) is 0 Å². The maximum absolute atomic E-state index is 12.9. The monoisotopic (exact) mass is 1330 g/mol. The fraction of sp³-hybridized carbons (Fsp3) is 0.952. The van der Waals surface area contributed by atoms with E-state index in [-0.39, 0.29) is 32.0 Å². The van der Waals surface area contributed by atoms with Crippen molar-refractivity contribution < 1.29 is 42.1 Å². The van der Waals surface area contributed by atoms with Gasteiger partial charge >= 0.3 is 11.9 Å². The number of phosphoric acid groups is 1. The van der Waals surface area contributed by atoms with Gasteiger partial charge in [0.15, 0.2) is 6.10 Å². The lowest BCUT2D eigenvalue weighted by atomic mass is 10.0. The minimum atomic E-state index is -4.64. The molecule has 0 rings (SSSR count). The first kappa shape index (κ1) is 91.8. The van der Waals surface area contributed by atoms with Gasteiger partial charge in [-0.05, 0) is 38.5 Å². The highest BCUT2D eigenvalue weighted by atomic mass is 31.2. The summed E-state index contributed by atoms with van der Waals surface area (Å²) in [6.45, 7) is 4.34. The average Bonchev–Trinajstić information content (AvgIpc) is 2.30. The van der Waals surface area contributed by atoms with Crippen molar-refractivity contribution in [1.82, 2.24) is 0 Å². The van der Waals surface area contributed by atoms with Crippen LogP contribution in [0.25, 0.3) is 0 Å². The molecule has 9 nitrogen and oxygen atoms in total. The van der Waals surface area contributed by atoms with Gasteiger partial charge in [0, 0.05) is 12.8 Å². The van der Waals surface area contributed by atoms with Crippen molar-refractivity contribution in [3.8, 4) is 0 Å². The smallest absolute Gasteiger partial charge is 0.306 e. The van der Waals surface area contributed by atoms with E-state index in [1.807, 2.05) is 21.1 Å². The van der Waals surface area contributed by atoms with Gasteiger partial charge < -0.3 is 27.9 Å². The second kappa shape index (κ2) is 75.0. The number of unbranched alkanes of at least 4 members (excludes halogenated alkanes) is 64. The number of ether oxygens (including phenoxy) is 2. The molecule has 0 saturated heterocycles. The minimum Gasteiger partial charge on any atom is -0.756 e. The van der Waals surface area contributed by atoms with Crippen molar-refractivity contribution in [3.05, 3.63) is 12.2 Å². The number of likely N-dealkylation sites (N-methyl/N-ethyl adjacent to an activating group) is 1. The Morgan fingerprint density at radius 1 is 0.323 bits per heavy atom. The zero-order valence-corrected chi connectivity index (χ0v) is 64.4. The van der Waals surface area contributed by atoms with Crippen LogP contribution in [-0.4, -0.2) is 70.0 Å². The van der Waals surface area contributed by atoms with Crippen LogP contribution in [0.5, 0.6) is 0 Å². The highest BCUT2D eigenvalue weighted by molar-refractivity contribution is 7.45. The summed E-state index contributed by atoms with van der Waals surface area (Å²) in [6, 6.07) is 0. The highest BCUT2D eigenvalue weighted by Crippen LogP contribution is 2.38. The third-order valence-electron chi connectivity index (χ3n) is 19.5. The minimum absolute atomic E-state index is 0.0255. The Labute approximate surface area is 581 Å². The molecule has 0 aromatic heterocycles. The van der Waals surface area contributed by atoms with Crippen LogP contribution < -0.4 is 4.89 Å². The van der Waals surface area contributed by atoms with Gasteiger partial charge in [-0.25, -0.2) is 0 Å². The molecule has 554 valence electrons. The number of hydrogen-bond acceptors (Lipinski definition) is 8. The van der Waals surface area contributed by atoms with E-state index >= 15 is 0 Å². The van der Waals surface area contributed by atoms with Crippen LogP contribution in [0.1, 0.15) is 457 Å². The molecule has 93 heavy (non-hydrogen) atoms. The highest BCUT2D eigenvalue weighted by Gasteiger charge is 2.22. The van der Waals surface area contributed by atoms with Gasteiger partial charge in [-0.3, -0.25) is 14.2 Å². The Morgan fingerprint density at radius 3 is 0.796 bits per heavy atom. The van der Waals surface area contributed by atoms with Crippen molar-refractivity contribution in [1.29, 1.82) is 0 Å². The molecule has 0 saturated carbocycles. The van der Waals surface area contributed by atoms with Gasteiger partial charge in [-0.15, -0.1) is 0 Å². The fourth-order valence-electron chi connectivity index (χ4n) is 13.1. The van der Waals surface area contributed by atoms with Gasteiger partial charge in [-0.1, -0.05) is 418 Å². The van der Waals surface area contributed by atoms with Crippen LogP contribution in [-0.2, 0) is 32.7 Å².